The van der Waals surface area contributed by atoms with Gasteiger partial charge >= 0.3 is 0 Å². The molecule has 0 saturated heterocycles. The van der Waals surface area contributed by atoms with E-state index in [0.29, 0.717) is 23.1 Å². The van der Waals surface area contributed by atoms with Crippen molar-refractivity contribution in [2.75, 3.05) is 14.2 Å². The average Bonchev–Trinajstić information content (AvgIpc) is 2.37. The van der Waals surface area contributed by atoms with Crippen LogP contribution in [0.15, 0.2) is 18.2 Å². The van der Waals surface area contributed by atoms with E-state index in [1.165, 1.54) is 7.11 Å². The molecule has 1 aromatic carbocycles. The van der Waals surface area contributed by atoms with Crippen LogP contribution in [0.4, 0.5) is 4.39 Å². The number of halogens is 1. The second-order valence-electron chi connectivity index (χ2n) is 6.66. The van der Waals surface area contributed by atoms with Gasteiger partial charge < -0.3 is 10.1 Å². The van der Waals surface area contributed by atoms with Gasteiger partial charge in [-0.3, -0.25) is 0 Å². The number of hydrogen-bond acceptors (Lipinski definition) is 2. The maximum absolute atomic E-state index is 13.7. The summed E-state index contributed by atoms with van der Waals surface area (Å²) < 4.78 is 18.7. The van der Waals surface area contributed by atoms with Crippen molar-refractivity contribution in [3.05, 3.63) is 29.6 Å². The van der Waals surface area contributed by atoms with Crippen LogP contribution in [0.25, 0.3) is 0 Å². The molecule has 1 N–H and O–H groups in total. The van der Waals surface area contributed by atoms with Gasteiger partial charge in [0.2, 0.25) is 0 Å². The van der Waals surface area contributed by atoms with Gasteiger partial charge in [0, 0.05) is 6.04 Å². The third kappa shape index (κ3) is 4.78. The predicted octanol–water partition coefficient (Wildman–Crippen LogP) is 4.04. The molecule has 0 amide bonds. The molecule has 2 atom stereocenters. The van der Waals surface area contributed by atoms with E-state index in [1.807, 2.05) is 13.1 Å². The predicted molar refractivity (Wildman–Crippen MR) is 82.7 cm³/mol. The molecule has 20 heavy (non-hydrogen) atoms. The fraction of sp³-hybridized carbons (Fsp3) is 0.647. The van der Waals surface area contributed by atoms with Crippen LogP contribution in [-0.2, 0) is 6.42 Å². The summed E-state index contributed by atoms with van der Waals surface area (Å²) in [5, 5.41) is 3.35. The lowest BCUT2D eigenvalue weighted by molar-refractivity contribution is 0.225. The monoisotopic (exact) mass is 281 g/mol. The smallest absolute Gasteiger partial charge is 0.165 e. The Morgan fingerprint density at radius 3 is 2.40 bits per heavy atom. The number of likely N-dealkylation sites (N-methyl/N-ethyl adjacent to an activating group) is 1. The fourth-order valence-electron chi connectivity index (χ4n) is 2.20. The maximum atomic E-state index is 13.7. The Labute approximate surface area is 122 Å². The number of hydrogen-bond donors (Lipinski definition) is 1. The number of benzene rings is 1. The number of nitrogens with one attached hydrogen (secondary N) is 1. The number of methoxy groups -OCH3 is 1. The molecule has 2 unspecified atom stereocenters. The van der Waals surface area contributed by atoms with Crippen molar-refractivity contribution in [2.45, 2.75) is 46.6 Å². The van der Waals surface area contributed by atoms with Crippen molar-refractivity contribution in [1.29, 1.82) is 0 Å². The largest absolute Gasteiger partial charge is 0.494 e. The van der Waals surface area contributed by atoms with E-state index in [4.69, 9.17) is 4.74 Å². The zero-order valence-corrected chi connectivity index (χ0v) is 13.6. The van der Waals surface area contributed by atoms with Crippen molar-refractivity contribution in [3.8, 4) is 5.75 Å². The lowest BCUT2D eigenvalue weighted by Gasteiger charge is -2.30. The summed E-state index contributed by atoms with van der Waals surface area (Å²) in [6.45, 7) is 9.06. The van der Waals surface area contributed by atoms with Gasteiger partial charge in [-0.15, -0.1) is 0 Å². The normalized spacial score (nSPS) is 14.9. The van der Waals surface area contributed by atoms with Crippen LogP contribution in [0.1, 0.15) is 39.7 Å². The fourth-order valence-corrected chi connectivity index (χ4v) is 2.20. The van der Waals surface area contributed by atoms with E-state index < -0.39 is 0 Å². The van der Waals surface area contributed by atoms with E-state index >= 15 is 0 Å². The van der Waals surface area contributed by atoms with Gasteiger partial charge in [-0.2, -0.15) is 0 Å². The summed E-state index contributed by atoms with van der Waals surface area (Å²) in [4.78, 5) is 0. The SMILES string of the molecule is CNC(Cc1ccc(OC)c(F)c1)CC(C)C(C)(C)C. The summed E-state index contributed by atoms with van der Waals surface area (Å²) in [5.41, 5.74) is 1.30. The van der Waals surface area contributed by atoms with Crippen molar-refractivity contribution >= 4 is 0 Å². The van der Waals surface area contributed by atoms with E-state index in [0.717, 1.165) is 18.4 Å². The molecule has 1 rings (SSSR count). The minimum atomic E-state index is -0.288. The Kier molecular flexibility index (Phi) is 6.00. The van der Waals surface area contributed by atoms with Crippen molar-refractivity contribution in [1.82, 2.24) is 5.32 Å². The Morgan fingerprint density at radius 1 is 1.30 bits per heavy atom. The molecule has 0 saturated carbocycles. The molecule has 1 aromatic rings. The van der Waals surface area contributed by atoms with Gasteiger partial charge in [0.05, 0.1) is 7.11 Å². The highest BCUT2D eigenvalue weighted by Gasteiger charge is 2.23. The highest BCUT2D eigenvalue weighted by molar-refractivity contribution is 5.29. The molecule has 0 fully saturated rings. The summed E-state index contributed by atoms with van der Waals surface area (Å²) in [5.74, 6) is 0.615. The van der Waals surface area contributed by atoms with E-state index in [1.54, 1.807) is 12.1 Å². The maximum Gasteiger partial charge on any atom is 0.165 e. The Bertz CT molecular complexity index is 425. The topological polar surface area (TPSA) is 21.3 Å². The molecule has 0 spiro atoms. The lowest BCUT2D eigenvalue weighted by Crippen LogP contribution is -2.33. The van der Waals surface area contributed by atoms with Crippen molar-refractivity contribution in [3.63, 3.8) is 0 Å². The molecule has 0 aliphatic rings. The minimum Gasteiger partial charge on any atom is -0.494 e. The lowest BCUT2D eigenvalue weighted by atomic mass is 9.78. The molecule has 0 aliphatic carbocycles. The summed E-state index contributed by atoms with van der Waals surface area (Å²) in [7, 11) is 3.46. The Hall–Kier alpha value is -1.09. The van der Waals surface area contributed by atoms with Crippen LogP contribution >= 0.6 is 0 Å². The van der Waals surface area contributed by atoms with E-state index in [9.17, 15) is 4.39 Å². The molecular formula is C17H28FNO. The first-order valence-electron chi connectivity index (χ1n) is 7.27. The molecule has 0 radical (unpaired) electrons. The second-order valence-corrected chi connectivity index (χ2v) is 6.66. The highest BCUT2D eigenvalue weighted by atomic mass is 19.1. The second kappa shape index (κ2) is 7.07. The Balaban J connectivity index is 2.71. The molecule has 0 heterocycles. The number of rotatable bonds is 6. The van der Waals surface area contributed by atoms with Gasteiger partial charge in [-0.1, -0.05) is 33.8 Å². The molecule has 0 bridgehead atoms. The first kappa shape index (κ1) is 17.0. The highest BCUT2D eigenvalue weighted by Crippen LogP contribution is 2.30. The number of ether oxygens (including phenoxy) is 1. The summed E-state index contributed by atoms with van der Waals surface area (Å²) in [6.07, 6.45) is 1.91. The zero-order chi connectivity index (χ0) is 15.3. The first-order chi connectivity index (χ1) is 9.27. The molecule has 0 aliphatic heterocycles. The van der Waals surface area contributed by atoms with Gasteiger partial charge in [0.25, 0.3) is 0 Å². The van der Waals surface area contributed by atoms with Gasteiger partial charge in [-0.25, -0.2) is 4.39 Å². The third-order valence-corrected chi connectivity index (χ3v) is 4.22. The molecule has 0 aromatic heterocycles. The van der Waals surface area contributed by atoms with Crippen LogP contribution < -0.4 is 10.1 Å². The minimum absolute atomic E-state index is 0.288. The Morgan fingerprint density at radius 2 is 1.95 bits per heavy atom. The molecular weight excluding hydrogens is 253 g/mol. The molecule has 3 heteroatoms. The van der Waals surface area contributed by atoms with Crippen LogP contribution in [0.3, 0.4) is 0 Å². The van der Waals surface area contributed by atoms with E-state index in [-0.39, 0.29) is 5.82 Å². The van der Waals surface area contributed by atoms with Crippen LogP contribution in [0, 0.1) is 17.2 Å². The van der Waals surface area contributed by atoms with Gasteiger partial charge in [0.15, 0.2) is 11.6 Å². The third-order valence-electron chi connectivity index (χ3n) is 4.22. The van der Waals surface area contributed by atoms with Crippen molar-refractivity contribution < 1.29 is 9.13 Å². The quantitative estimate of drug-likeness (QED) is 0.850. The van der Waals surface area contributed by atoms with Crippen LogP contribution in [-0.4, -0.2) is 20.2 Å². The zero-order valence-electron chi connectivity index (χ0n) is 13.6. The van der Waals surface area contributed by atoms with Crippen LogP contribution in [0.2, 0.25) is 0 Å². The first-order valence-corrected chi connectivity index (χ1v) is 7.27. The van der Waals surface area contributed by atoms with Gasteiger partial charge in [-0.05, 0) is 48.9 Å². The summed E-state index contributed by atoms with van der Waals surface area (Å²) in [6, 6.07) is 5.57. The molecule has 2 nitrogen and oxygen atoms in total. The average molecular weight is 281 g/mol. The standard InChI is InChI=1S/C17H28FNO/c1-12(17(2,3)4)9-14(19-5)10-13-7-8-16(20-6)15(18)11-13/h7-8,11-12,14,19H,9-10H2,1-6H3. The van der Waals surface area contributed by atoms with E-state index in [2.05, 4.69) is 33.0 Å². The summed E-state index contributed by atoms with van der Waals surface area (Å²) >= 11 is 0. The molecule has 114 valence electrons. The van der Waals surface area contributed by atoms with Crippen molar-refractivity contribution in [2.24, 2.45) is 11.3 Å². The van der Waals surface area contributed by atoms with Gasteiger partial charge in [0.1, 0.15) is 0 Å². The van der Waals surface area contributed by atoms with Crippen LogP contribution in [0.5, 0.6) is 5.75 Å².